The highest BCUT2D eigenvalue weighted by molar-refractivity contribution is 5.89. The van der Waals surface area contributed by atoms with Crippen LogP contribution >= 0.6 is 0 Å². The minimum absolute atomic E-state index is 0.124. The minimum Gasteiger partial charge on any atom is -0.493 e. The Balaban J connectivity index is 1.73. The highest BCUT2D eigenvalue weighted by Crippen LogP contribution is 2.39. The van der Waals surface area contributed by atoms with Gasteiger partial charge in [0, 0.05) is 60.7 Å². The molecule has 1 unspecified atom stereocenters. The van der Waals surface area contributed by atoms with Gasteiger partial charge in [-0.2, -0.15) is 0 Å². The molecule has 0 aliphatic carbocycles. The number of halogens is 2. The van der Waals surface area contributed by atoms with Gasteiger partial charge in [-0.05, 0) is 24.3 Å². The molecule has 2 aliphatic heterocycles. The molecule has 4 rings (SSSR count). The Kier molecular flexibility index (Phi) is 4.72. The van der Waals surface area contributed by atoms with Gasteiger partial charge in [-0.15, -0.1) is 0 Å². The van der Waals surface area contributed by atoms with Crippen LogP contribution in [0, 0.1) is 11.6 Å². The van der Waals surface area contributed by atoms with E-state index in [4.69, 9.17) is 9.47 Å². The third kappa shape index (κ3) is 3.36. The smallest absolute Gasteiger partial charge is 0.225 e. The van der Waals surface area contributed by atoms with Crippen molar-refractivity contribution in [3.63, 3.8) is 0 Å². The van der Waals surface area contributed by atoms with Crippen molar-refractivity contribution in [1.82, 2.24) is 5.32 Å². The number of nitrogens with one attached hydrogen (secondary N) is 1. The van der Waals surface area contributed by atoms with E-state index in [-0.39, 0.29) is 16.9 Å². The summed E-state index contributed by atoms with van der Waals surface area (Å²) in [6.07, 6.45) is 0.313. The summed E-state index contributed by atoms with van der Waals surface area (Å²) in [5, 5.41) is 13.8. The summed E-state index contributed by atoms with van der Waals surface area (Å²) in [6.45, 7) is 3.61. The Morgan fingerprint density at radius 2 is 1.96 bits per heavy atom. The number of benzene rings is 2. The van der Waals surface area contributed by atoms with E-state index >= 15 is 0 Å². The van der Waals surface area contributed by atoms with E-state index in [0.717, 1.165) is 49.6 Å². The summed E-state index contributed by atoms with van der Waals surface area (Å²) in [5.74, 6) is -1.19. The molecule has 27 heavy (non-hydrogen) atoms. The lowest BCUT2D eigenvalue weighted by atomic mass is 9.98. The number of anilines is 1. The maximum Gasteiger partial charge on any atom is 0.225 e. The van der Waals surface area contributed by atoms with E-state index in [1.54, 1.807) is 6.08 Å². The predicted octanol–water partition coefficient (Wildman–Crippen LogP) is 2.63. The van der Waals surface area contributed by atoms with Crippen molar-refractivity contribution < 1.29 is 23.4 Å². The molecule has 0 amide bonds. The number of methoxy groups -OCH3 is 1. The minimum atomic E-state index is -1.36. The van der Waals surface area contributed by atoms with Crippen LogP contribution in [0.3, 0.4) is 0 Å². The van der Waals surface area contributed by atoms with Crippen LogP contribution in [0.1, 0.15) is 11.1 Å². The molecule has 2 heterocycles. The average molecular weight is 374 g/mol. The monoisotopic (exact) mass is 374 g/mol. The van der Waals surface area contributed by atoms with Crippen LogP contribution < -0.4 is 19.7 Å². The van der Waals surface area contributed by atoms with Crippen molar-refractivity contribution in [3.05, 3.63) is 53.1 Å². The first-order valence-electron chi connectivity index (χ1n) is 8.76. The Morgan fingerprint density at radius 3 is 2.70 bits per heavy atom. The van der Waals surface area contributed by atoms with Gasteiger partial charge in [-0.25, -0.2) is 8.78 Å². The van der Waals surface area contributed by atoms with Gasteiger partial charge in [0.1, 0.15) is 11.6 Å². The highest BCUT2D eigenvalue weighted by Gasteiger charge is 2.27. The fourth-order valence-electron chi connectivity index (χ4n) is 3.48. The van der Waals surface area contributed by atoms with E-state index in [1.165, 1.54) is 7.11 Å². The van der Waals surface area contributed by atoms with Crippen molar-refractivity contribution in [2.45, 2.75) is 6.29 Å². The normalized spacial score (nSPS) is 19.2. The Morgan fingerprint density at radius 1 is 1.19 bits per heavy atom. The third-order valence-corrected chi connectivity index (χ3v) is 4.82. The highest BCUT2D eigenvalue weighted by atomic mass is 19.1. The van der Waals surface area contributed by atoms with E-state index in [2.05, 4.69) is 10.2 Å². The van der Waals surface area contributed by atoms with Crippen LogP contribution in [0.4, 0.5) is 14.5 Å². The summed E-state index contributed by atoms with van der Waals surface area (Å²) >= 11 is 0. The first-order chi connectivity index (χ1) is 13.1. The fourth-order valence-corrected chi connectivity index (χ4v) is 3.48. The summed E-state index contributed by atoms with van der Waals surface area (Å²) in [7, 11) is 1.30. The molecule has 142 valence electrons. The molecule has 0 aromatic heterocycles. The van der Waals surface area contributed by atoms with E-state index in [0.29, 0.717) is 5.75 Å². The second-order valence-corrected chi connectivity index (χ2v) is 6.50. The number of hydrogen-bond acceptors (Lipinski definition) is 5. The molecule has 0 spiro atoms. The molecular weight excluding hydrogens is 354 g/mol. The average Bonchev–Trinajstić information content (AvgIpc) is 2.67. The van der Waals surface area contributed by atoms with Crippen molar-refractivity contribution in [3.8, 4) is 11.5 Å². The zero-order valence-corrected chi connectivity index (χ0v) is 14.8. The SMILES string of the molecule is COc1c(F)cc(F)cc1C1=Cc2ccc(N3CCNCC3)cc2OC1O. The van der Waals surface area contributed by atoms with Crippen molar-refractivity contribution in [1.29, 1.82) is 0 Å². The largest absolute Gasteiger partial charge is 0.493 e. The quantitative estimate of drug-likeness (QED) is 0.865. The molecule has 2 N–H and O–H groups in total. The lowest BCUT2D eigenvalue weighted by Gasteiger charge is -2.31. The van der Waals surface area contributed by atoms with Gasteiger partial charge in [-0.3, -0.25) is 0 Å². The van der Waals surface area contributed by atoms with Crippen LogP contribution in [0.5, 0.6) is 11.5 Å². The molecule has 0 saturated carbocycles. The molecule has 1 atom stereocenters. The number of rotatable bonds is 3. The topological polar surface area (TPSA) is 54.0 Å². The number of nitrogens with zero attached hydrogens (tertiary/aromatic N) is 1. The number of aliphatic hydroxyl groups excluding tert-OH is 1. The van der Waals surface area contributed by atoms with Crippen LogP contribution in [0.2, 0.25) is 0 Å². The maximum atomic E-state index is 14.0. The molecule has 1 saturated heterocycles. The third-order valence-electron chi connectivity index (χ3n) is 4.82. The number of aliphatic hydroxyl groups is 1. The number of hydrogen-bond donors (Lipinski definition) is 2. The van der Waals surface area contributed by atoms with E-state index in [1.807, 2.05) is 18.2 Å². The molecule has 2 aromatic carbocycles. The first kappa shape index (κ1) is 17.8. The van der Waals surface area contributed by atoms with Crippen LogP contribution in [0.15, 0.2) is 30.3 Å². The van der Waals surface area contributed by atoms with Crippen molar-refractivity contribution in [2.24, 2.45) is 0 Å². The zero-order valence-electron chi connectivity index (χ0n) is 14.8. The maximum absolute atomic E-state index is 14.0. The molecule has 0 bridgehead atoms. The van der Waals surface area contributed by atoms with Gasteiger partial charge in [0.25, 0.3) is 0 Å². The van der Waals surface area contributed by atoms with Crippen molar-refractivity contribution >= 4 is 17.3 Å². The molecular formula is C20H20F2N2O3. The van der Waals surface area contributed by atoms with Gasteiger partial charge >= 0.3 is 0 Å². The van der Waals surface area contributed by atoms with Crippen LogP contribution in [-0.4, -0.2) is 44.7 Å². The van der Waals surface area contributed by atoms with Gasteiger partial charge in [-0.1, -0.05) is 0 Å². The standard InChI is InChI=1S/C20H20F2N2O3/c1-26-19-15(9-13(21)10-17(19)22)16-8-12-2-3-14(11-18(12)27-20(16)25)24-6-4-23-5-7-24/h2-3,8-11,20,23,25H,4-7H2,1H3. The number of fused-ring (bicyclic) bond motifs is 1. The summed E-state index contributed by atoms with van der Waals surface area (Å²) < 4.78 is 38.5. The number of ether oxygens (including phenoxy) is 2. The summed E-state index contributed by atoms with van der Waals surface area (Å²) in [5.41, 5.74) is 2.10. The first-order valence-corrected chi connectivity index (χ1v) is 8.76. The predicted molar refractivity (Wildman–Crippen MR) is 98.9 cm³/mol. The second-order valence-electron chi connectivity index (χ2n) is 6.50. The summed E-state index contributed by atoms with van der Waals surface area (Å²) in [6, 6.07) is 7.59. The lowest BCUT2D eigenvalue weighted by Crippen LogP contribution is -2.43. The fraction of sp³-hybridized carbons (Fsp3) is 0.300. The molecule has 1 fully saturated rings. The molecule has 0 radical (unpaired) electrons. The van der Waals surface area contributed by atoms with Gasteiger partial charge < -0.3 is 24.8 Å². The van der Waals surface area contributed by atoms with Crippen LogP contribution in [-0.2, 0) is 0 Å². The van der Waals surface area contributed by atoms with E-state index in [9.17, 15) is 13.9 Å². The second kappa shape index (κ2) is 7.17. The zero-order chi connectivity index (χ0) is 19.0. The Bertz CT molecular complexity index is 895. The molecule has 2 aromatic rings. The van der Waals surface area contributed by atoms with Gasteiger partial charge in [0.05, 0.1) is 7.11 Å². The molecule has 2 aliphatic rings. The molecule has 7 heteroatoms. The van der Waals surface area contributed by atoms with E-state index < -0.39 is 17.9 Å². The Hall–Kier alpha value is -2.64. The lowest BCUT2D eigenvalue weighted by molar-refractivity contribution is 0.0318. The van der Waals surface area contributed by atoms with Crippen molar-refractivity contribution in [2.75, 3.05) is 38.2 Å². The molecule has 5 nitrogen and oxygen atoms in total. The number of piperazine rings is 1. The van der Waals surface area contributed by atoms with Gasteiger partial charge in [0.15, 0.2) is 11.6 Å². The van der Waals surface area contributed by atoms with Crippen LogP contribution in [0.25, 0.3) is 11.6 Å². The summed E-state index contributed by atoms with van der Waals surface area (Å²) in [4.78, 5) is 2.23. The Labute approximate surface area is 155 Å². The van der Waals surface area contributed by atoms with Gasteiger partial charge in [0.2, 0.25) is 6.29 Å².